The Morgan fingerprint density at radius 3 is 2.33 bits per heavy atom. The fraction of sp³-hybridized carbons (Fsp3) is 0.143. The lowest BCUT2D eigenvalue weighted by atomic mass is 9.99. The molecule has 0 amide bonds. The first-order chi connectivity index (χ1) is 8.56. The summed E-state index contributed by atoms with van der Waals surface area (Å²) < 4.78 is 26.4. The maximum Gasteiger partial charge on any atom is 0.127 e. The molecule has 4 heteroatoms. The van der Waals surface area contributed by atoms with Crippen LogP contribution in [0.4, 0.5) is 8.78 Å². The molecule has 2 rings (SSSR count). The summed E-state index contributed by atoms with van der Waals surface area (Å²) in [5.74, 6) is -0.691. The van der Waals surface area contributed by atoms with Gasteiger partial charge in [0.1, 0.15) is 11.6 Å². The summed E-state index contributed by atoms with van der Waals surface area (Å²) in [4.78, 5) is 0. The molecule has 0 aliphatic rings. The largest absolute Gasteiger partial charge is 0.324 e. The zero-order valence-electron chi connectivity index (χ0n) is 9.54. The van der Waals surface area contributed by atoms with Gasteiger partial charge in [-0.2, -0.15) is 0 Å². The Kier molecular flexibility index (Phi) is 3.94. The van der Waals surface area contributed by atoms with Crippen molar-refractivity contribution in [3.63, 3.8) is 0 Å². The number of hydrogen-bond donors (Lipinski definition) is 1. The Morgan fingerprint density at radius 2 is 1.72 bits per heavy atom. The summed E-state index contributed by atoms with van der Waals surface area (Å²) >= 11 is 5.67. The van der Waals surface area contributed by atoms with Crippen molar-refractivity contribution in [2.24, 2.45) is 5.73 Å². The van der Waals surface area contributed by atoms with Crippen LogP contribution < -0.4 is 5.73 Å². The molecule has 0 saturated carbocycles. The normalized spacial score (nSPS) is 12.4. The minimum absolute atomic E-state index is 0.316. The van der Waals surface area contributed by atoms with Gasteiger partial charge in [0.2, 0.25) is 0 Å². The number of rotatable bonds is 3. The van der Waals surface area contributed by atoms with Crippen LogP contribution in [0.15, 0.2) is 42.5 Å². The number of hydrogen-bond acceptors (Lipinski definition) is 1. The molecule has 2 N–H and O–H groups in total. The van der Waals surface area contributed by atoms with E-state index in [1.54, 1.807) is 24.3 Å². The summed E-state index contributed by atoms with van der Waals surface area (Å²) in [7, 11) is 0. The SMILES string of the molecule is NC(Cc1ccc(Cl)cc1F)c1ccc(F)cc1. The van der Waals surface area contributed by atoms with E-state index in [9.17, 15) is 8.78 Å². The van der Waals surface area contributed by atoms with Crippen LogP contribution in [-0.2, 0) is 6.42 Å². The minimum atomic E-state index is -0.375. The van der Waals surface area contributed by atoms with Crippen LogP contribution in [0.1, 0.15) is 17.2 Å². The van der Waals surface area contributed by atoms with Crippen LogP contribution in [0.5, 0.6) is 0 Å². The average Bonchev–Trinajstić information content (AvgIpc) is 2.33. The summed E-state index contributed by atoms with van der Waals surface area (Å²) in [5, 5.41) is 0.353. The van der Waals surface area contributed by atoms with Crippen LogP contribution in [0, 0.1) is 11.6 Å². The molecule has 0 radical (unpaired) electrons. The molecule has 0 aliphatic carbocycles. The van der Waals surface area contributed by atoms with E-state index in [4.69, 9.17) is 17.3 Å². The second-order valence-corrected chi connectivity index (χ2v) is 4.53. The van der Waals surface area contributed by atoms with Crippen molar-refractivity contribution in [2.75, 3.05) is 0 Å². The lowest BCUT2D eigenvalue weighted by molar-refractivity contribution is 0.592. The lowest BCUT2D eigenvalue weighted by Crippen LogP contribution is -2.14. The molecule has 2 aromatic carbocycles. The van der Waals surface area contributed by atoms with Gasteiger partial charge in [0.25, 0.3) is 0 Å². The Morgan fingerprint density at radius 1 is 1.06 bits per heavy atom. The minimum Gasteiger partial charge on any atom is -0.324 e. The maximum absolute atomic E-state index is 13.6. The molecule has 0 fully saturated rings. The van der Waals surface area contributed by atoms with Gasteiger partial charge in [-0.05, 0) is 41.8 Å². The molecule has 0 heterocycles. The van der Waals surface area contributed by atoms with E-state index in [0.29, 0.717) is 17.0 Å². The van der Waals surface area contributed by atoms with Crippen LogP contribution in [-0.4, -0.2) is 0 Å². The third-order valence-corrected chi connectivity index (χ3v) is 2.99. The molecule has 94 valence electrons. The monoisotopic (exact) mass is 267 g/mol. The Hall–Kier alpha value is -1.45. The standard InChI is InChI=1S/C14H12ClF2N/c15-11-4-1-10(13(17)8-11)7-14(18)9-2-5-12(16)6-3-9/h1-6,8,14H,7,18H2. The van der Waals surface area contributed by atoms with E-state index in [2.05, 4.69) is 0 Å². The fourth-order valence-electron chi connectivity index (χ4n) is 1.75. The van der Waals surface area contributed by atoms with Crippen LogP contribution >= 0.6 is 11.6 Å². The van der Waals surface area contributed by atoms with Crippen LogP contribution in [0.2, 0.25) is 5.02 Å². The Labute approximate surface area is 109 Å². The van der Waals surface area contributed by atoms with Gasteiger partial charge in [-0.3, -0.25) is 0 Å². The smallest absolute Gasteiger partial charge is 0.127 e. The highest BCUT2D eigenvalue weighted by Crippen LogP contribution is 2.20. The van der Waals surface area contributed by atoms with E-state index in [0.717, 1.165) is 5.56 Å². The fourth-order valence-corrected chi connectivity index (χ4v) is 1.91. The first-order valence-electron chi connectivity index (χ1n) is 5.51. The highest BCUT2D eigenvalue weighted by atomic mass is 35.5. The molecular formula is C14H12ClF2N. The van der Waals surface area contributed by atoms with Gasteiger partial charge < -0.3 is 5.73 Å². The van der Waals surface area contributed by atoms with Crippen molar-refractivity contribution >= 4 is 11.6 Å². The molecule has 0 saturated heterocycles. The van der Waals surface area contributed by atoms with Gasteiger partial charge in [0, 0.05) is 11.1 Å². The molecule has 18 heavy (non-hydrogen) atoms. The maximum atomic E-state index is 13.6. The van der Waals surface area contributed by atoms with Crippen molar-refractivity contribution < 1.29 is 8.78 Å². The molecule has 0 bridgehead atoms. The first kappa shape index (κ1) is 13.0. The summed E-state index contributed by atoms with van der Waals surface area (Å²) in [6.45, 7) is 0. The second-order valence-electron chi connectivity index (χ2n) is 4.10. The van der Waals surface area contributed by atoms with E-state index in [1.165, 1.54) is 18.2 Å². The van der Waals surface area contributed by atoms with Gasteiger partial charge in [0.05, 0.1) is 0 Å². The van der Waals surface area contributed by atoms with Crippen molar-refractivity contribution in [3.8, 4) is 0 Å². The van der Waals surface area contributed by atoms with Gasteiger partial charge in [-0.1, -0.05) is 29.8 Å². The third kappa shape index (κ3) is 3.06. The Bertz CT molecular complexity index is 540. The molecule has 2 aromatic rings. The van der Waals surface area contributed by atoms with E-state index in [-0.39, 0.29) is 17.7 Å². The second kappa shape index (κ2) is 5.46. The van der Waals surface area contributed by atoms with E-state index < -0.39 is 0 Å². The molecular weight excluding hydrogens is 256 g/mol. The third-order valence-electron chi connectivity index (χ3n) is 2.75. The van der Waals surface area contributed by atoms with Gasteiger partial charge >= 0.3 is 0 Å². The number of benzene rings is 2. The van der Waals surface area contributed by atoms with E-state index >= 15 is 0 Å². The molecule has 1 atom stereocenters. The lowest BCUT2D eigenvalue weighted by Gasteiger charge is -2.12. The average molecular weight is 268 g/mol. The molecule has 1 nitrogen and oxygen atoms in total. The zero-order valence-corrected chi connectivity index (χ0v) is 10.3. The van der Waals surface area contributed by atoms with Crippen LogP contribution in [0.25, 0.3) is 0 Å². The van der Waals surface area contributed by atoms with Crippen molar-refractivity contribution in [2.45, 2.75) is 12.5 Å². The van der Waals surface area contributed by atoms with Crippen LogP contribution in [0.3, 0.4) is 0 Å². The van der Waals surface area contributed by atoms with Gasteiger partial charge in [0.15, 0.2) is 0 Å². The van der Waals surface area contributed by atoms with Crippen molar-refractivity contribution in [1.29, 1.82) is 0 Å². The predicted molar refractivity (Wildman–Crippen MR) is 68.4 cm³/mol. The van der Waals surface area contributed by atoms with Crippen molar-refractivity contribution in [3.05, 3.63) is 70.2 Å². The highest BCUT2D eigenvalue weighted by molar-refractivity contribution is 6.30. The molecule has 1 unspecified atom stereocenters. The number of halogens is 3. The predicted octanol–water partition coefficient (Wildman–Crippen LogP) is 3.86. The zero-order chi connectivity index (χ0) is 13.1. The molecule has 0 aromatic heterocycles. The topological polar surface area (TPSA) is 26.0 Å². The van der Waals surface area contributed by atoms with Gasteiger partial charge in [-0.15, -0.1) is 0 Å². The Balaban J connectivity index is 2.15. The molecule has 0 spiro atoms. The van der Waals surface area contributed by atoms with Crippen molar-refractivity contribution in [1.82, 2.24) is 0 Å². The summed E-state index contributed by atoms with van der Waals surface area (Å²) in [6, 6.07) is 10.0. The first-order valence-corrected chi connectivity index (χ1v) is 5.89. The summed E-state index contributed by atoms with van der Waals surface area (Å²) in [5.41, 5.74) is 7.23. The highest BCUT2D eigenvalue weighted by Gasteiger charge is 2.10. The quantitative estimate of drug-likeness (QED) is 0.898. The summed E-state index contributed by atoms with van der Waals surface area (Å²) in [6.07, 6.45) is 0.342. The van der Waals surface area contributed by atoms with E-state index in [1.807, 2.05) is 0 Å². The molecule has 0 aliphatic heterocycles. The van der Waals surface area contributed by atoms with Gasteiger partial charge in [-0.25, -0.2) is 8.78 Å². The number of nitrogens with two attached hydrogens (primary N) is 1.